The highest BCUT2D eigenvalue weighted by atomic mass is 79.9. The topological polar surface area (TPSA) is 40.4 Å². The van der Waals surface area contributed by atoms with Gasteiger partial charge in [-0.3, -0.25) is 5.01 Å². The van der Waals surface area contributed by atoms with E-state index in [9.17, 15) is 0 Å². The van der Waals surface area contributed by atoms with Crippen LogP contribution in [-0.2, 0) is 6.61 Å². The van der Waals surface area contributed by atoms with Gasteiger partial charge in [0.25, 0.3) is 0 Å². The molecule has 0 radical (unpaired) electrons. The molecule has 0 aromatic heterocycles. The Hall–Kier alpha value is -2.08. The minimum atomic E-state index is 0.500. The molecule has 1 aliphatic rings. The first-order chi connectivity index (χ1) is 11.5. The van der Waals surface area contributed by atoms with Gasteiger partial charge < -0.3 is 4.74 Å². The highest BCUT2D eigenvalue weighted by Gasteiger charge is 2.19. The van der Waals surface area contributed by atoms with Crippen LogP contribution in [-0.4, -0.2) is 18.7 Å². The van der Waals surface area contributed by atoms with Crippen molar-refractivity contribution in [1.29, 1.82) is 0 Å². The summed E-state index contributed by atoms with van der Waals surface area (Å²) in [6.45, 7) is 7.36. The smallest absolute Gasteiger partial charge is 0.132 e. The van der Waals surface area contributed by atoms with Gasteiger partial charge in [0.1, 0.15) is 19.0 Å². The summed E-state index contributed by atoms with van der Waals surface area (Å²) in [5.41, 5.74) is 5.63. The SMILES string of the molecule is Cc1cc(OCc2c(C)cccc2N2CN(C)N=N2)c(C)cc1Br. The molecule has 0 saturated heterocycles. The number of ether oxygens (including phenoxy) is 1. The van der Waals surface area contributed by atoms with Crippen molar-refractivity contribution in [2.24, 2.45) is 10.4 Å². The van der Waals surface area contributed by atoms with Crippen LogP contribution in [0.25, 0.3) is 0 Å². The van der Waals surface area contributed by atoms with Gasteiger partial charge in [-0.05, 0) is 60.9 Å². The first-order valence-electron chi connectivity index (χ1n) is 7.84. The molecular formula is C18H21BrN4O. The number of benzene rings is 2. The summed E-state index contributed by atoms with van der Waals surface area (Å²) in [4.78, 5) is 0. The molecule has 2 aromatic carbocycles. The van der Waals surface area contributed by atoms with Gasteiger partial charge in [-0.2, -0.15) is 0 Å². The molecule has 0 unspecified atom stereocenters. The molecule has 126 valence electrons. The van der Waals surface area contributed by atoms with E-state index in [0.29, 0.717) is 13.3 Å². The molecule has 0 aliphatic carbocycles. The molecule has 0 spiro atoms. The number of nitrogens with zero attached hydrogens (tertiary/aromatic N) is 4. The van der Waals surface area contributed by atoms with Gasteiger partial charge in [0, 0.05) is 17.1 Å². The molecule has 5 nitrogen and oxygen atoms in total. The molecule has 0 N–H and O–H groups in total. The Morgan fingerprint density at radius 1 is 1.08 bits per heavy atom. The summed E-state index contributed by atoms with van der Waals surface area (Å²) >= 11 is 3.56. The number of halogens is 1. The normalized spacial score (nSPS) is 13.7. The lowest BCUT2D eigenvalue weighted by Crippen LogP contribution is -2.23. The zero-order chi connectivity index (χ0) is 17.3. The van der Waals surface area contributed by atoms with Gasteiger partial charge in [-0.25, -0.2) is 5.01 Å². The fraction of sp³-hybridized carbons (Fsp3) is 0.333. The van der Waals surface area contributed by atoms with E-state index in [1.807, 2.05) is 18.1 Å². The maximum Gasteiger partial charge on any atom is 0.132 e. The van der Waals surface area contributed by atoms with Crippen LogP contribution in [0, 0.1) is 20.8 Å². The zero-order valence-corrected chi connectivity index (χ0v) is 16.0. The lowest BCUT2D eigenvalue weighted by Gasteiger charge is -2.20. The number of hydrogen-bond acceptors (Lipinski definition) is 5. The van der Waals surface area contributed by atoms with Gasteiger partial charge >= 0.3 is 0 Å². The highest BCUT2D eigenvalue weighted by Crippen LogP contribution is 2.30. The van der Waals surface area contributed by atoms with E-state index >= 15 is 0 Å². The van der Waals surface area contributed by atoms with Crippen LogP contribution in [0.2, 0.25) is 0 Å². The third kappa shape index (κ3) is 3.38. The van der Waals surface area contributed by atoms with Crippen molar-refractivity contribution in [2.75, 3.05) is 18.7 Å². The van der Waals surface area contributed by atoms with Gasteiger partial charge in [0.15, 0.2) is 0 Å². The quantitative estimate of drug-likeness (QED) is 0.743. The van der Waals surface area contributed by atoms with Gasteiger partial charge in [0.05, 0.1) is 5.69 Å². The summed E-state index contributed by atoms with van der Waals surface area (Å²) < 4.78 is 7.23. The largest absolute Gasteiger partial charge is 0.489 e. The number of aryl methyl sites for hydroxylation is 3. The van der Waals surface area contributed by atoms with Gasteiger partial charge in [0.2, 0.25) is 0 Å². The van der Waals surface area contributed by atoms with E-state index in [1.165, 1.54) is 5.56 Å². The molecule has 6 heteroatoms. The lowest BCUT2D eigenvalue weighted by atomic mass is 10.1. The highest BCUT2D eigenvalue weighted by molar-refractivity contribution is 9.10. The first kappa shape index (κ1) is 16.8. The second-order valence-corrected chi connectivity index (χ2v) is 6.96. The summed E-state index contributed by atoms with van der Waals surface area (Å²) in [5, 5.41) is 12.0. The van der Waals surface area contributed by atoms with Crippen LogP contribution in [0.5, 0.6) is 5.75 Å². The minimum absolute atomic E-state index is 0.500. The molecule has 1 heterocycles. The second kappa shape index (κ2) is 6.81. The molecule has 1 aliphatic heterocycles. The van der Waals surface area contributed by atoms with Crippen LogP contribution in [0.1, 0.15) is 22.3 Å². The molecule has 3 rings (SSSR count). The summed E-state index contributed by atoms with van der Waals surface area (Å²) in [6.07, 6.45) is 0. The van der Waals surface area contributed by atoms with E-state index in [4.69, 9.17) is 4.74 Å². The van der Waals surface area contributed by atoms with Crippen molar-refractivity contribution in [1.82, 2.24) is 5.01 Å². The van der Waals surface area contributed by atoms with Crippen molar-refractivity contribution in [2.45, 2.75) is 27.4 Å². The van der Waals surface area contributed by atoms with Crippen LogP contribution >= 0.6 is 15.9 Å². The Morgan fingerprint density at radius 2 is 1.88 bits per heavy atom. The van der Waals surface area contributed by atoms with Crippen molar-refractivity contribution in [3.63, 3.8) is 0 Å². The third-order valence-electron chi connectivity index (χ3n) is 4.13. The molecule has 24 heavy (non-hydrogen) atoms. The Labute approximate surface area is 151 Å². The van der Waals surface area contributed by atoms with E-state index in [1.54, 1.807) is 5.01 Å². The maximum absolute atomic E-state index is 6.13. The van der Waals surface area contributed by atoms with E-state index < -0.39 is 0 Å². The summed E-state index contributed by atoms with van der Waals surface area (Å²) in [6, 6.07) is 10.4. The summed E-state index contributed by atoms with van der Waals surface area (Å²) in [7, 11) is 1.91. The zero-order valence-electron chi connectivity index (χ0n) is 14.4. The van der Waals surface area contributed by atoms with Crippen molar-refractivity contribution in [3.05, 3.63) is 57.1 Å². The molecule has 0 saturated carbocycles. The maximum atomic E-state index is 6.13. The predicted molar refractivity (Wildman–Crippen MR) is 99.1 cm³/mol. The molecule has 2 aromatic rings. The van der Waals surface area contributed by atoms with Crippen molar-refractivity contribution < 1.29 is 4.74 Å². The van der Waals surface area contributed by atoms with Crippen LogP contribution < -0.4 is 9.75 Å². The number of rotatable bonds is 4. The molecular weight excluding hydrogens is 368 g/mol. The Balaban J connectivity index is 1.85. The number of hydrogen-bond donors (Lipinski definition) is 0. The predicted octanol–water partition coefficient (Wildman–Crippen LogP) is 4.94. The first-order valence-corrected chi connectivity index (χ1v) is 8.63. The van der Waals surface area contributed by atoms with Crippen LogP contribution in [0.15, 0.2) is 45.3 Å². The van der Waals surface area contributed by atoms with E-state index in [0.717, 1.165) is 32.6 Å². The molecule has 0 amide bonds. The lowest BCUT2D eigenvalue weighted by molar-refractivity contribution is 0.303. The third-order valence-corrected chi connectivity index (χ3v) is 4.99. The van der Waals surface area contributed by atoms with Crippen LogP contribution in [0.3, 0.4) is 0 Å². The van der Waals surface area contributed by atoms with Gasteiger partial charge in [-0.1, -0.05) is 33.3 Å². The minimum Gasteiger partial charge on any atom is -0.489 e. The van der Waals surface area contributed by atoms with Crippen molar-refractivity contribution >= 4 is 21.6 Å². The second-order valence-electron chi connectivity index (χ2n) is 6.11. The fourth-order valence-corrected chi connectivity index (χ4v) is 3.13. The Bertz CT molecular complexity index is 791. The van der Waals surface area contributed by atoms with E-state index in [-0.39, 0.29) is 0 Å². The Kier molecular flexibility index (Phi) is 4.76. The average molecular weight is 389 g/mol. The molecule has 0 fully saturated rings. The number of anilines is 1. The summed E-state index contributed by atoms with van der Waals surface area (Å²) in [5.74, 6) is 0.907. The fourth-order valence-electron chi connectivity index (χ4n) is 2.67. The average Bonchev–Trinajstić information content (AvgIpc) is 2.97. The molecule has 0 atom stereocenters. The van der Waals surface area contributed by atoms with E-state index in [2.05, 4.69) is 71.4 Å². The monoisotopic (exact) mass is 388 g/mol. The van der Waals surface area contributed by atoms with Crippen molar-refractivity contribution in [3.8, 4) is 5.75 Å². The standard InChI is InChI=1S/C18H21BrN4O/c1-12-6-5-7-17(23-11-22(4)20-21-23)15(12)10-24-18-9-13(2)16(19)8-14(18)3/h5-9H,10-11H2,1-4H3. The molecule has 0 bridgehead atoms. The van der Waals surface area contributed by atoms with Crippen LogP contribution in [0.4, 0.5) is 5.69 Å². The Morgan fingerprint density at radius 3 is 2.58 bits per heavy atom. The van der Waals surface area contributed by atoms with Gasteiger partial charge in [-0.15, -0.1) is 0 Å².